The molecule has 1 fully saturated rings. The molecule has 2 nitrogen and oxygen atoms in total. The van der Waals surface area contributed by atoms with Crippen molar-refractivity contribution < 1.29 is 4.74 Å². The first kappa shape index (κ1) is 13.6. The maximum absolute atomic E-state index is 5.74. The molecule has 18 heavy (non-hydrogen) atoms. The van der Waals surface area contributed by atoms with Crippen LogP contribution in [0.25, 0.3) is 0 Å². The minimum absolute atomic E-state index is 0.121. The topological polar surface area (TPSA) is 21.3 Å². The molecule has 1 saturated carbocycles. The molecule has 0 saturated heterocycles. The molecule has 1 aliphatic carbocycles. The van der Waals surface area contributed by atoms with Gasteiger partial charge < -0.3 is 10.1 Å². The number of hydrogen-bond donors (Lipinski definition) is 1. The number of aryl methyl sites for hydroxylation is 1. The van der Waals surface area contributed by atoms with Crippen LogP contribution >= 0.6 is 0 Å². The minimum Gasteiger partial charge on any atom is -0.378 e. The fourth-order valence-electron chi connectivity index (χ4n) is 2.85. The highest BCUT2D eigenvalue weighted by Crippen LogP contribution is 2.41. The fourth-order valence-corrected chi connectivity index (χ4v) is 2.85. The van der Waals surface area contributed by atoms with Crippen LogP contribution in [-0.4, -0.2) is 19.8 Å². The van der Waals surface area contributed by atoms with E-state index in [2.05, 4.69) is 36.5 Å². The van der Waals surface area contributed by atoms with Crippen LogP contribution < -0.4 is 5.32 Å². The molecular weight excluding hydrogens is 222 g/mol. The lowest BCUT2D eigenvalue weighted by molar-refractivity contribution is -0.0834. The van der Waals surface area contributed by atoms with Crippen molar-refractivity contribution >= 4 is 0 Å². The van der Waals surface area contributed by atoms with Gasteiger partial charge in [0.05, 0.1) is 5.60 Å². The second-order valence-corrected chi connectivity index (χ2v) is 5.38. The second-order valence-electron chi connectivity index (χ2n) is 5.38. The highest BCUT2D eigenvalue weighted by Gasteiger charge is 2.39. The fraction of sp³-hybridized carbons (Fsp3) is 0.625. The summed E-state index contributed by atoms with van der Waals surface area (Å²) in [6, 6.07) is 9.31. The Morgan fingerprint density at radius 1 is 1.39 bits per heavy atom. The molecule has 1 unspecified atom stereocenters. The van der Waals surface area contributed by atoms with Gasteiger partial charge in [-0.1, -0.05) is 31.2 Å². The molecule has 0 amide bonds. The Kier molecular flexibility index (Phi) is 4.41. The molecule has 1 aromatic rings. The molecule has 0 bridgehead atoms. The van der Waals surface area contributed by atoms with E-state index in [1.54, 1.807) is 0 Å². The number of nitrogens with one attached hydrogen (secondary N) is 1. The van der Waals surface area contributed by atoms with Gasteiger partial charge in [0.25, 0.3) is 0 Å². The Hall–Kier alpha value is -0.860. The van der Waals surface area contributed by atoms with Gasteiger partial charge >= 0.3 is 0 Å². The Labute approximate surface area is 111 Å². The number of rotatable bonds is 6. The third-order valence-electron chi connectivity index (χ3n) is 4.38. The van der Waals surface area contributed by atoms with Crippen molar-refractivity contribution in [2.24, 2.45) is 0 Å². The highest BCUT2D eigenvalue weighted by molar-refractivity contribution is 5.26. The maximum Gasteiger partial charge on any atom is 0.0697 e. The van der Waals surface area contributed by atoms with Crippen LogP contribution in [-0.2, 0) is 11.2 Å². The molecule has 2 heteroatoms. The van der Waals surface area contributed by atoms with Crippen molar-refractivity contribution in [1.29, 1.82) is 0 Å². The van der Waals surface area contributed by atoms with E-state index in [1.165, 1.54) is 30.4 Å². The first-order valence-corrected chi connectivity index (χ1v) is 7.04. The van der Waals surface area contributed by atoms with E-state index < -0.39 is 0 Å². The lowest BCUT2D eigenvalue weighted by Gasteiger charge is -2.43. The summed E-state index contributed by atoms with van der Waals surface area (Å²) in [4.78, 5) is 0. The summed E-state index contributed by atoms with van der Waals surface area (Å²) in [6.07, 6.45) is 5.89. The smallest absolute Gasteiger partial charge is 0.0697 e. The molecule has 1 atom stereocenters. The molecule has 1 N–H and O–H groups in total. The summed E-state index contributed by atoms with van der Waals surface area (Å²) in [7, 11) is 3.90. The van der Waals surface area contributed by atoms with Gasteiger partial charge in [-0.25, -0.2) is 0 Å². The summed E-state index contributed by atoms with van der Waals surface area (Å²) in [5.41, 5.74) is 2.92. The average molecular weight is 247 g/mol. The average Bonchev–Trinajstić information content (AvgIpc) is 2.38. The quantitative estimate of drug-likeness (QED) is 0.831. The normalized spacial score (nSPS) is 19.3. The van der Waals surface area contributed by atoms with Gasteiger partial charge in [-0.2, -0.15) is 0 Å². The number of hydrogen-bond acceptors (Lipinski definition) is 2. The molecule has 1 aliphatic rings. The second kappa shape index (κ2) is 5.85. The maximum atomic E-state index is 5.74. The molecule has 0 radical (unpaired) electrons. The van der Waals surface area contributed by atoms with Crippen LogP contribution in [0.2, 0.25) is 0 Å². The minimum atomic E-state index is 0.121. The Morgan fingerprint density at radius 3 is 2.67 bits per heavy atom. The van der Waals surface area contributed by atoms with Crippen LogP contribution in [0.5, 0.6) is 0 Å². The Balaban J connectivity index is 2.12. The molecule has 0 heterocycles. The molecule has 100 valence electrons. The van der Waals surface area contributed by atoms with Gasteiger partial charge in [-0.15, -0.1) is 0 Å². The van der Waals surface area contributed by atoms with Gasteiger partial charge in [0, 0.05) is 13.2 Å². The SMILES string of the molecule is CCc1cccc(C(CC2(OC)CCC2)NC)c1. The molecular formula is C16H25NO. The van der Waals surface area contributed by atoms with E-state index in [0.717, 1.165) is 12.8 Å². The monoisotopic (exact) mass is 247 g/mol. The zero-order chi connectivity index (χ0) is 13.0. The lowest BCUT2D eigenvalue weighted by Crippen LogP contribution is -2.42. The van der Waals surface area contributed by atoms with E-state index in [9.17, 15) is 0 Å². The van der Waals surface area contributed by atoms with E-state index >= 15 is 0 Å². The van der Waals surface area contributed by atoms with Crippen molar-refractivity contribution in [3.8, 4) is 0 Å². The van der Waals surface area contributed by atoms with Gasteiger partial charge in [0.15, 0.2) is 0 Å². The molecule has 0 aliphatic heterocycles. The summed E-state index contributed by atoms with van der Waals surface area (Å²) in [6.45, 7) is 2.20. The number of benzene rings is 1. The van der Waals surface area contributed by atoms with Crippen LogP contribution in [0.15, 0.2) is 24.3 Å². The van der Waals surface area contributed by atoms with Gasteiger partial charge in [0.1, 0.15) is 0 Å². The summed E-state index contributed by atoms with van der Waals surface area (Å²) >= 11 is 0. The van der Waals surface area contributed by atoms with Crippen molar-refractivity contribution in [2.45, 2.75) is 50.7 Å². The van der Waals surface area contributed by atoms with Crippen molar-refractivity contribution in [3.05, 3.63) is 35.4 Å². The standard InChI is InChI=1S/C16H25NO/c1-4-13-7-5-8-14(11-13)15(17-2)12-16(18-3)9-6-10-16/h5,7-8,11,15,17H,4,6,9-10,12H2,1-3H3. The zero-order valence-electron chi connectivity index (χ0n) is 11.8. The largest absolute Gasteiger partial charge is 0.378 e. The molecule has 0 spiro atoms. The molecule has 1 aromatic carbocycles. The van der Waals surface area contributed by atoms with Crippen molar-refractivity contribution in [1.82, 2.24) is 5.32 Å². The first-order chi connectivity index (χ1) is 8.73. The first-order valence-electron chi connectivity index (χ1n) is 7.04. The summed E-state index contributed by atoms with van der Waals surface area (Å²) < 4.78 is 5.74. The van der Waals surface area contributed by atoms with E-state index in [4.69, 9.17) is 4.74 Å². The third kappa shape index (κ3) is 2.76. The summed E-state index contributed by atoms with van der Waals surface area (Å²) in [5, 5.41) is 3.45. The van der Waals surface area contributed by atoms with Crippen LogP contribution in [0, 0.1) is 0 Å². The molecule has 0 aromatic heterocycles. The number of methoxy groups -OCH3 is 1. The van der Waals surface area contributed by atoms with Crippen molar-refractivity contribution in [2.75, 3.05) is 14.2 Å². The van der Waals surface area contributed by atoms with Crippen LogP contribution in [0.1, 0.15) is 49.8 Å². The Morgan fingerprint density at radius 2 is 2.17 bits per heavy atom. The Bertz CT molecular complexity index is 379. The lowest BCUT2D eigenvalue weighted by atomic mass is 9.74. The van der Waals surface area contributed by atoms with Crippen LogP contribution in [0.4, 0.5) is 0 Å². The van der Waals surface area contributed by atoms with Gasteiger partial charge in [0.2, 0.25) is 0 Å². The third-order valence-corrected chi connectivity index (χ3v) is 4.38. The predicted molar refractivity (Wildman–Crippen MR) is 75.8 cm³/mol. The predicted octanol–water partition coefficient (Wildman–Crippen LogP) is 3.47. The zero-order valence-corrected chi connectivity index (χ0v) is 11.8. The van der Waals surface area contributed by atoms with E-state index in [-0.39, 0.29) is 5.60 Å². The van der Waals surface area contributed by atoms with Crippen molar-refractivity contribution in [3.63, 3.8) is 0 Å². The van der Waals surface area contributed by atoms with Gasteiger partial charge in [-0.05, 0) is 50.3 Å². The summed E-state index contributed by atoms with van der Waals surface area (Å²) in [5.74, 6) is 0. The van der Waals surface area contributed by atoms with Gasteiger partial charge in [-0.3, -0.25) is 0 Å². The number of ether oxygens (including phenoxy) is 1. The molecule has 2 rings (SSSR count). The van der Waals surface area contributed by atoms with E-state index in [1.807, 2.05) is 14.2 Å². The van der Waals surface area contributed by atoms with Crippen LogP contribution in [0.3, 0.4) is 0 Å². The van der Waals surface area contributed by atoms with E-state index in [0.29, 0.717) is 6.04 Å². The highest BCUT2D eigenvalue weighted by atomic mass is 16.5.